The summed E-state index contributed by atoms with van der Waals surface area (Å²) in [6.07, 6.45) is 0. The maximum absolute atomic E-state index is 4.75. The lowest BCUT2D eigenvalue weighted by atomic mass is 10.2. The summed E-state index contributed by atoms with van der Waals surface area (Å²) in [5, 5.41) is 8.57. The van der Waals surface area contributed by atoms with Crippen LogP contribution in [0.5, 0.6) is 0 Å². The summed E-state index contributed by atoms with van der Waals surface area (Å²) in [5.74, 6) is 0.818. The fourth-order valence-electron chi connectivity index (χ4n) is 2.51. The second kappa shape index (κ2) is 8.42. The predicted octanol–water partition coefficient (Wildman–Crippen LogP) is 4.64. The summed E-state index contributed by atoms with van der Waals surface area (Å²) in [4.78, 5) is 0. The van der Waals surface area contributed by atoms with Crippen LogP contribution in [-0.4, -0.2) is 5.84 Å². The zero-order chi connectivity index (χ0) is 15.5. The molecule has 0 fully saturated rings. The topological polar surface area (TPSA) is 30.9 Å². The predicted molar refractivity (Wildman–Crippen MR) is 108 cm³/mol. The van der Waals surface area contributed by atoms with Crippen LogP contribution in [0.15, 0.2) is 96.1 Å². The van der Waals surface area contributed by atoms with Crippen molar-refractivity contribution in [3.8, 4) is 0 Å². The molecule has 4 rings (SSSR count). The van der Waals surface area contributed by atoms with E-state index in [0.29, 0.717) is 0 Å². The van der Waals surface area contributed by atoms with Crippen LogP contribution in [0.1, 0.15) is 5.56 Å². The number of anilines is 2. The SMILES string of the molecule is Cl.Cl.c1ccc(C2=NN(c3ccccc3)N(c3ccccc3)N2)cc1. The quantitative estimate of drug-likeness (QED) is 0.726. The molecule has 3 aromatic carbocycles. The molecule has 25 heavy (non-hydrogen) atoms. The zero-order valence-corrected chi connectivity index (χ0v) is 15.0. The van der Waals surface area contributed by atoms with Gasteiger partial charge >= 0.3 is 0 Å². The average molecular weight is 373 g/mol. The smallest absolute Gasteiger partial charge is 0.176 e. The van der Waals surface area contributed by atoms with Gasteiger partial charge in [0.1, 0.15) is 0 Å². The van der Waals surface area contributed by atoms with E-state index in [-0.39, 0.29) is 24.8 Å². The third kappa shape index (κ3) is 3.87. The summed E-state index contributed by atoms with van der Waals surface area (Å²) in [6, 6.07) is 30.3. The zero-order valence-electron chi connectivity index (χ0n) is 13.3. The summed E-state index contributed by atoms with van der Waals surface area (Å²) < 4.78 is 0. The van der Waals surface area contributed by atoms with E-state index in [4.69, 9.17) is 5.10 Å². The van der Waals surface area contributed by atoms with Crippen LogP contribution in [0.25, 0.3) is 0 Å². The van der Waals surface area contributed by atoms with Crippen molar-refractivity contribution in [3.05, 3.63) is 96.6 Å². The first-order valence-electron chi connectivity index (χ1n) is 7.53. The van der Waals surface area contributed by atoms with Gasteiger partial charge in [0.2, 0.25) is 0 Å². The Hall–Kier alpha value is -2.69. The van der Waals surface area contributed by atoms with Crippen molar-refractivity contribution in [2.75, 3.05) is 10.2 Å². The molecule has 0 amide bonds. The van der Waals surface area contributed by atoms with E-state index in [1.807, 2.05) is 101 Å². The molecule has 128 valence electrons. The van der Waals surface area contributed by atoms with Gasteiger partial charge in [0.05, 0.1) is 11.4 Å². The van der Waals surface area contributed by atoms with Gasteiger partial charge in [-0.3, -0.25) is 5.43 Å². The van der Waals surface area contributed by atoms with Gasteiger partial charge in [-0.2, -0.15) is 10.2 Å². The van der Waals surface area contributed by atoms with E-state index in [0.717, 1.165) is 22.8 Å². The lowest BCUT2D eigenvalue weighted by Gasteiger charge is -2.27. The van der Waals surface area contributed by atoms with Gasteiger partial charge in [-0.1, -0.05) is 66.7 Å². The monoisotopic (exact) mass is 372 g/mol. The number of halogens is 2. The lowest BCUT2D eigenvalue weighted by molar-refractivity contribution is 0.771. The van der Waals surface area contributed by atoms with Gasteiger partial charge in [0, 0.05) is 5.56 Å². The highest BCUT2D eigenvalue weighted by Gasteiger charge is 2.25. The Kier molecular flexibility index (Phi) is 6.28. The number of nitrogens with zero attached hydrogens (tertiary/aromatic N) is 3. The van der Waals surface area contributed by atoms with Crippen molar-refractivity contribution in [3.63, 3.8) is 0 Å². The van der Waals surface area contributed by atoms with Gasteiger partial charge < -0.3 is 0 Å². The van der Waals surface area contributed by atoms with Crippen LogP contribution >= 0.6 is 24.8 Å². The number of hydrazine groups is 2. The third-order valence-electron chi connectivity index (χ3n) is 3.63. The summed E-state index contributed by atoms with van der Waals surface area (Å²) in [5.41, 5.74) is 6.44. The highest BCUT2D eigenvalue weighted by atomic mass is 35.5. The minimum absolute atomic E-state index is 0. The number of hydrazone groups is 1. The van der Waals surface area contributed by atoms with Crippen LogP contribution in [0.2, 0.25) is 0 Å². The number of hydrogen-bond donors (Lipinski definition) is 1. The molecular formula is C19H18Cl2N4. The molecule has 0 radical (unpaired) electrons. The van der Waals surface area contributed by atoms with Crippen molar-refractivity contribution < 1.29 is 0 Å². The molecule has 4 nitrogen and oxygen atoms in total. The fraction of sp³-hybridized carbons (Fsp3) is 0. The summed E-state index contributed by atoms with van der Waals surface area (Å²) in [7, 11) is 0. The second-order valence-corrected chi connectivity index (χ2v) is 5.20. The van der Waals surface area contributed by atoms with E-state index >= 15 is 0 Å². The number of para-hydroxylation sites is 2. The highest BCUT2D eigenvalue weighted by Crippen LogP contribution is 2.25. The standard InChI is InChI=1S/C19H16N4.2ClH/c1-4-10-16(11-5-1)19-20-22(17-12-6-2-7-13-17)23(21-19)18-14-8-3-9-15-18;;/h1-15H,(H,20,21);2*1H. The molecule has 0 bridgehead atoms. The van der Waals surface area contributed by atoms with Crippen LogP contribution in [0.4, 0.5) is 11.4 Å². The second-order valence-electron chi connectivity index (χ2n) is 5.20. The van der Waals surface area contributed by atoms with E-state index in [2.05, 4.69) is 5.43 Å². The Balaban J connectivity index is 0.00000113. The minimum Gasteiger partial charge on any atom is -0.259 e. The Labute approximate surface area is 159 Å². The molecule has 1 aliphatic heterocycles. The number of benzene rings is 3. The number of hydrogen-bond acceptors (Lipinski definition) is 4. The van der Waals surface area contributed by atoms with Crippen LogP contribution < -0.4 is 15.7 Å². The van der Waals surface area contributed by atoms with E-state index in [9.17, 15) is 0 Å². The normalized spacial score (nSPS) is 12.6. The van der Waals surface area contributed by atoms with Gasteiger partial charge in [0.25, 0.3) is 0 Å². The van der Waals surface area contributed by atoms with Gasteiger partial charge in [-0.25, -0.2) is 0 Å². The van der Waals surface area contributed by atoms with E-state index in [1.54, 1.807) is 0 Å². The first-order valence-corrected chi connectivity index (χ1v) is 7.53. The lowest BCUT2D eigenvalue weighted by Crippen LogP contribution is -2.44. The number of nitrogens with one attached hydrogen (secondary N) is 1. The average Bonchev–Trinajstić information content (AvgIpc) is 3.09. The fourth-order valence-corrected chi connectivity index (χ4v) is 2.51. The maximum Gasteiger partial charge on any atom is 0.176 e. The van der Waals surface area contributed by atoms with Gasteiger partial charge in [-0.15, -0.1) is 29.9 Å². The first-order chi connectivity index (χ1) is 11.4. The van der Waals surface area contributed by atoms with Crippen molar-refractivity contribution in [2.45, 2.75) is 0 Å². The molecule has 1 N–H and O–H groups in total. The van der Waals surface area contributed by atoms with Crippen molar-refractivity contribution in [2.24, 2.45) is 5.10 Å². The Bertz CT molecular complexity index is 811. The molecule has 0 saturated heterocycles. The maximum atomic E-state index is 4.75. The molecule has 1 aliphatic rings. The number of rotatable bonds is 3. The molecule has 3 aromatic rings. The van der Waals surface area contributed by atoms with Crippen molar-refractivity contribution >= 4 is 42.0 Å². The molecule has 0 spiro atoms. The Morgan fingerprint density at radius 3 is 1.64 bits per heavy atom. The minimum atomic E-state index is 0. The van der Waals surface area contributed by atoms with E-state index < -0.39 is 0 Å². The Morgan fingerprint density at radius 1 is 0.600 bits per heavy atom. The highest BCUT2D eigenvalue weighted by molar-refractivity contribution is 6.02. The molecule has 6 heteroatoms. The van der Waals surface area contributed by atoms with Crippen LogP contribution in [0.3, 0.4) is 0 Å². The molecule has 0 atom stereocenters. The van der Waals surface area contributed by atoms with E-state index in [1.165, 1.54) is 0 Å². The van der Waals surface area contributed by atoms with Crippen molar-refractivity contribution in [1.82, 2.24) is 5.43 Å². The van der Waals surface area contributed by atoms with Gasteiger partial charge in [0.15, 0.2) is 5.84 Å². The molecular weight excluding hydrogens is 355 g/mol. The van der Waals surface area contributed by atoms with Crippen LogP contribution in [-0.2, 0) is 0 Å². The molecule has 0 aliphatic carbocycles. The van der Waals surface area contributed by atoms with Gasteiger partial charge in [-0.05, 0) is 24.3 Å². The summed E-state index contributed by atoms with van der Waals surface area (Å²) in [6.45, 7) is 0. The third-order valence-corrected chi connectivity index (χ3v) is 3.63. The Morgan fingerprint density at radius 2 is 1.08 bits per heavy atom. The number of amidine groups is 1. The van der Waals surface area contributed by atoms with Crippen molar-refractivity contribution in [1.29, 1.82) is 0 Å². The molecule has 0 unspecified atom stereocenters. The molecule has 1 heterocycles. The first kappa shape index (κ1) is 18.6. The molecule has 0 saturated carbocycles. The van der Waals surface area contributed by atoms with Crippen LogP contribution in [0, 0.1) is 0 Å². The molecule has 0 aromatic heterocycles. The largest absolute Gasteiger partial charge is 0.259 e. The summed E-state index contributed by atoms with van der Waals surface area (Å²) >= 11 is 0.